The number of amides is 1. The Bertz CT molecular complexity index is 151. The van der Waals surface area contributed by atoms with Crippen LogP contribution in [0.2, 0.25) is 0 Å². The molecule has 0 unspecified atom stereocenters. The highest BCUT2D eigenvalue weighted by Crippen LogP contribution is 1.94. The molecule has 0 aromatic heterocycles. The number of carbonyl (C=O) groups excluding carboxylic acids is 1. The van der Waals surface area contributed by atoms with Gasteiger partial charge in [0.05, 0.1) is 0 Å². The number of aliphatic hydroxyl groups is 1. The van der Waals surface area contributed by atoms with Crippen molar-refractivity contribution in [2.45, 2.75) is 39.0 Å². The normalized spacial score (nSPS) is 10.3. The molecule has 0 atom stereocenters. The van der Waals surface area contributed by atoms with Crippen molar-refractivity contribution in [2.75, 3.05) is 26.4 Å². The van der Waals surface area contributed by atoms with E-state index in [1.807, 2.05) is 6.92 Å². The predicted molar refractivity (Wildman–Crippen MR) is 59.7 cm³/mol. The Hall–Kier alpha value is -0.610. The minimum atomic E-state index is 0.0960. The Balaban J connectivity index is 3.11. The third-order valence-electron chi connectivity index (χ3n) is 2.05. The lowest BCUT2D eigenvalue weighted by molar-refractivity contribution is -0.121. The van der Waals surface area contributed by atoms with Crippen LogP contribution in [0.5, 0.6) is 0 Å². The number of hydrogen-bond acceptors (Lipinski definition) is 3. The minimum absolute atomic E-state index is 0.0960. The third-order valence-corrected chi connectivity index (χ3v) is 2.05. The van der Waals surface area contributed by atoms with Gasteiger partial charge in [0.25, 0.3) is 0 Å². The van der Waals surface area contributed by atoms with Crippen molar-refractivity contribution < 1.29 is 14.6 Å². The van der Waals surface area contributed by atoms with Crippen molar-refractivity contribution >= 4 is 5.91 Å². The number of nitrogens with one attached hydrogen (secondary N) is 1. The molecule has 1 amide bonds. The fraction of sp³-hybridized carbons (Fsp3) is 0.909. The van der Waals surface area contributed by atoms with E-state index >= 15 is 0 Å². The van der Waals surface area contributed by atoms with Gasteiger partial charge < -0.3 is 15.2 Å². The first kappa shape index (κ1) is 14.4. The molecule has 0 aliphatic rings. The first-order valence-electron chi connectivity index (χ1n) is 5.76. The molecular formula is C11H23NO3. The lowest BCUT2D eigenvalue weighted by atomic mass is 10.2. The van der Waals surface area contributed by atoms with Gasteiger partial charge in [-0.15, -0.1) is 0 Å². The molecule has 0 radical (unpaired) electrons. The van der Waals surface area contributed by atoms with Crippen LogP contribution in [0.1, 0.15) is 39.0 Å². The van der Waals surface area contributed by atoms with E-state index in [0.29, 0.717) is 26.2 Å². The van der Waals surface area contributed by atoms with Crippen molar-refractivity contribution in [3.05, 3.63) is 0 Å². The van der Waals surface area contributed by atoms with Crippen molar-refractivity contribution in [3.8, 4) is 0 Å². The number of hydrogen-bond donors (Lipinski definition) is 2. The number of carbonyl (C=O) groups is 1. The zero-order valence-corrected chi connectivity index (χ0v) is 9.63. The lowest BCUT2D eigenvalue weighted by Crippen LogP contribution is -2.24. The van der Waals surface area contributed by atoms with Crippen LogP contribution in [0.3, 0.4) is 0 Å². The summed E-state index contributed by atoms with van der Waals surface area (Å²) in [6.07, 6.45) is 4.06. The van der Waals surface area contributed by atoms with E-state index in [-0.39, 0.29) is 12.5 Å². The maximum atomic E-state index is 11.2. The quantitative estimate of drug-likeness (QED) is 0.538. The van der Waals surface area contributed by atoms with Crippen LogP contribution in [-0.2, 0) is 9.53 Å². The summed E-state index contributed by atoms with van der Waals surface area (Å²) in [7, 11) is 0. The standard InChI is InChI=1S/C11H23NO3/c1-2-15-10-6-7-11(14)12-8-4-3-5-9-13/h13H,2-10H2,1H3,(H,12,14). The van der Waals surface area contributed by atoms with Gasteiger partial charge in [-0.1, -0.05) is 0 Å². The summed E-state index contributed by atoms with van der Waals surface area (Å²) in [5, 5.41) is 11.4. The van der Waals surface area contributed by atoms with Gasteiger partial charge in [0.15, 0.2) is 0 Å². The second-order valence-electron chi connectivity index (χ2n) is 3.43. The topological polar surface area (TPSA) is 58.6 Å². The summed E-state index contributed by atoms with van der Waals surface area (Å²) in [5.74, 6) is 0.0960. The van der Waals surface area contributed by atoms with Gasteiger partial charge in [0.1, 0.15) is 0 Å². The lowest BCUT2D eigenvalue weighted by Gasteiger charge is -2.04. The Morgan fingerprint density at radius 3 is 2.73 bits per heavy atom. The molecule has 0 saturated carbocycles. The molecule has 15 heavy (non-hydrogen) atoms. The van der Waals surface area contributed by atoms with Gasteiger partial charge in [-0.05, 0) is 32.6 Å². The third kappa shape index (κ3) is 11.3. The number of ether oxygens (including phenoxy) is 1. The Morgan fingerprint density at radius 2 is 2.07 bits per heavy atom. The van der Waals surface area contributed by atoms with Crippen molar-refractivity contribution in [1.29, 1.82) is 0 Å². The van der Waals surface area contributed by atoms with E-state index in [1.54, 1.807) is 0 Å². The smallest absolute Gasteiger partial charge is 0.220 e. The zero-order valence-electron chi connectivity index (χ0n) is 9.63. The summed E-state index contributed by atoms with van der Waals surface area (Å²) in [6, 6.07) is 0. The highest BCUT2D eigenvalue weighted by atomic mass is 16.5. The fourth-order valence-electron chi connectivity index (χ4n) is 1.21. The van der Waals surface area contributed by atoms with Gasteiger partial charge in [-0.2, -0.15) is 0 Å². The number of rotatable bonds is 10. The van der Waals surface area contributed by atoms with E-state index in [2.05, 4.69) is 5.32 Å². The SMILES string of the molecule is CCOCCCC(=O)NCCCCCO. The van der Waals surface area contributed by atoms with E-state index in [9.17, 15) is 4.79 Å². The van der Waals surface area contributed by atoms with Crippen LogP contribution in [-0.4, -0.2) is 37.4 Å². The van der Waals surface area contributed by atoms with Crippen LogP contribution in [0.15, 0.2) is 0 Å². The minimum Gasteiger partial charge on any atom is -0.396 e. The molecule has 0 fully saturated rings. The van der Waals surface area contributed by atoms with Gasteiger partial charge in [-0.3, -0.25) is 4.79 Å². The molecule has 0 bridgehead atoms. The average molecular weight is 217 g/mol. The van der Waals surface area contributed by atoms with Crippen molar-refractivity contribution in [2.24, 2.45) is 0 Å². The highest BCUT2D eigenvalue weighted by Gasteiger charge is 1.99. The monoisotopic (exact) mass is 217 g/mol. The predicted octanol–water partition coefficient (Wildman–Crippen LogP) is 1.08. The molecule has 2 N–H and O–H groups in total. The molecule has 0 aromatic rings. The average Bonchev–Trinajstić information content (AvgIpc) is 2.24. The van der Waals surface area contributed by atoms with E-state index in [0.717, 1.165) is 25.7 Å². The van der Waals surface area contributed by atoms with Gasteiger partial charge in [0.2, 0.25) is 5.91 Å². The van der Waals surface area contributed by atoms with E-state index < -0.39 is 0 Å². The summed E-state index contributed by atoms with van der Waals surface area (Å²) >= 11 is 0. The summed E-state index contributed by atoms with van der Waals surface area (Å²) in [5.41, 5.74) is 0. The number of unbranched alkanes of at least 4 members (excludes halogenated alkanes) is 2. The van der Waals surface area contributed by atoms with E-state index in [1.165, 1.54) is 0 Å². The van der Waals surface area contributed by atoms with Crippen LogP contribution in [0.4, 0.5) is 0 Å². The van der Waals surface area contributed by atoms with Crippen molar-refractivity contribution in [3.63, 3.8) is 0 Å². The molecule has 0 saturated heterocycles. The molecule has 0 aliphatic carbocycles. The summed E-state index contributed by atoms with van der Waals surface area (Å²) in [6.45, 7) is 4.27. The molecule has 0 spiro atoms. The molecule has 4 heteroatoms. The fourth-order valence-corrected chi connectivity index (χ4v) is 1.21. The first-order valence-corrected chi connectivity index (χ1v) is 5.76. The van der Waals surface area contributed by atoms with Gasteiger partial charge >= 0.3 is 0 Å². The Kier molecular flexibility index (Phi) is 11.0. The molecule has 0 heterocycles. The Labute approximate surface area is 92.0 Å². The maximum absolute atomic E-state index is 11.2. The second-order valence-corrected chi connectivity index (χ2v) is 3.43. The highest BCUT2D eigenvalue weighted by molar-refractivity contribution is 5.75. The second kappa shape index (κ2) is 11.5. The van der Waals surface area contributed by atoms with Gasteiger partial charge in [-0.25, -0.2) is 0 Å². The molecule has 90 valence electrons. The van der Waals surface area contributed by atoms with Crippen LogP contribution in [0, 0.1) is 0 Å². The molecule has 4 nitrogen and oxygen atoms in total. The van der Waals surface area contributed by atoms with Crippen molar-refractivity contribution in [1.82, 2.24) is 5.32 Å². The molecule has 0 aliphatic heterocycles. The maximum Gasteiger partial charge on any atom is 0.220 e. The van der Waals surface area contributed by atoms with Gasteiger partial charge in [0, 0.05) is 32.8 Å². The van der Waals surface area contributed by atoms with Crippen LogP contribution in [0.25, 0.3) is 0 Å². The van der Waals surface area contributed by atoms with Crippen LogP contribution < -0.4 is 5.32 Å². The summed E-state index contributed by atoms with van der Waals surface area (Å²) < 4.78 is 5.13. The largest absolute Gasteiger partial charge is 0.396 e. The zero-order chi connectivity index (χ0) is 11.4. The molecular weight excluding hydrogens is 194 g/mol. The Morgan fingerprint density at radius 1 is 1.27 bits per heavy atom. The molecule has 0 rings (SSSR count). The summed E-state index contributed by atoms with van der Waals surface area (Å²) in [4.78, 5) is 11.2. The number of aliphatic hydroxyl groups excluding tert-OH is 1. The molecule has 0 aromatic carbocycles. The first-order chi connectivity index (χ1) is 7.31. The van der Waals surface area contributed by atoms with E-state index in [4.69, 9.17) is 9.84 Å². The van der Waals surface area contributed by atoms with Crippen LogP contribution >= 0.6 is 0 Å².